The fourth-order valence-electron chi connectivity index (χ4n) is 4.07. The lowest BCUT2D eigenvalue weighted by atomic mass is 9.91. The number of alkyl carbamates (subject to hydrolysis) is 1. The van der Waals surface area contributed by atoms with Crippen LogP contribution >= 0.6 is 0 Å². The van der Waals surface area contributed by atoms with Crippen LogP contribution in [0.5, 0.6) is 0 Å². The van der Waals surface area contributed by atoms with Gasteiger partial charge in [-0.05, 0) is 53.4 Å². The molecule has 3 N–H and O–H groups in total. The molecule has 2 unspecified atom stereocenters. The zero-order chi connectivity index (χ0) is 25.6. The minimum Gasteiger partial charge on any atom is -0.480 e. The van der Waals surface area contributed by atoms with E-state index in [-0.39, 0.29) is 6.61 Å². The molecule has 0 aromatic heterocycles. The van der Waals surface area contributed by atoms with Gasteiger partial charge in [-0.3, -0.25) is 0 Å². The van der Waals surface area contributed by atoms with Crippen LogP contribution in [-0.4, -0.2) is 59.8 Å². The van der Waals surface area contributed by atoms with Gasteiger partial charge in [0.15, 0.2) is 6.04 Å². The number of carbonyl (C=O) groups is 3. The Bertz CT molecular complexity index is 620. The normalized spacial score (nSPS) is 18.9. The SMILES string of the molecule is C1CCC(NC2CCCCC2)CC1.C=CCOC(=O)OC(C)C(NC(=O)OC(C)(C)C)C(=O)O. The van der Waals surface area contributed by atoms with E-state index in [1.807, 2.05) is 0 Å². The van der Waals surface area contributed by atoms with E-state index in [4.69, 9.17) is 14.6 Å². The summed E-state index contributed by atoms with van der Waals surface area (Å²) in [6.07, 6.45) is 12.8. The van der Waals surface area contributed by atoms with Crippen LogP contribution in [0.1, 0.15) is 91.9 Å². The second-order valence-electron chi connectivity index (χ2n) is 9.97. The van der Waals surface area contributed by atoms with Crippen molar-refractivity contribution in [1.82, 2.24) is 10.6 Å². The predicted octanol–water partition coefficient (Wildman–Crippen LogP) is 4.93. The predicted molar refractivity (Wildman–Crippen MR) is 130 cm³/mol. The fraction of sp³-hybridized carbons (Fsp3) is 0.800. The molecule has 0 bridgehead atoms. The molecule has 0 saturated heterocycles. The number of aliphatic carboxylic acids is 1. The number of hydrogen-bond acceptors (Lipinski definition) is 7. The molecular formula is C25H44N2O7. The highest BCUT2D eigenvalue weighted by Gasteiger charge is 2.31. The van der Waals surface area contributed by atoms with Gasteiger partial charge in [0.1, 0.15) is 18.3 Å². The second-order valence-corrected chi connectivity index (χ2v) is 9.97. The Kier molecular flexibility index (Phi) is 13.6. The minimum absolute atomic E-state index is 0.0667. The lowest BCUT2D eigenvalue weighted by molar-refractivity contribution is -0.142. The minimum atomic E-state index is -1.46. The van der Waals surface area contributed by atoms with Gasteiger partial charge in [0, 0.05) is 12.1 Å². The molecule has 2 fully saturated rings. The Morgan fingerprint density at radius 3 is 1.91 bits per heavy atom. The van der Waals surface area contributed by atoms with E-state index < -0.39 is 36.0 Å². The average Bonchev–Trinajstić information content (AvgIpc) is 2.76. The Morgan fingerprint density at radius 2 is 1.50 bits per heavy atom. The first-order chi connectivity index (χ1) is 16.0. The zero-order valence-electron chi connectivity index (χ0n) is 21.3. The molecule has 196 valence electrons. The number of rotatable bonds is 8. The van der Waals surface area contributed by atoms with Crippen LogP contribution in [0, 0.1) is 0 Å². The van der Waals surface area contributed by atoms with E-state index in [2.05, 4.69) is 21.9 Å². The zero-order valence-corrected chi connectivity index (χ0v) is 21.3. The van der Waals surface area contributed by atoms with Crippen molar-refractivity contribution in [2.24, 2.45) is 0 Å². The number of ether oxygens (including phenoxy) is 3. The topological polar surface area (TPSA) is 123 Å². The van der Waals surface area contributed by atoms with Crippen LogP contribution < -0.4 is 10.6 Å². The molecule has 9 heteroatoms. The number of nitrogens with one attached hydrogen (secondary N) is 2. The fourth-order valence-corrected chi connectivity index (χ4v) is 4.07. The highest BCUT2D eigenvalue weighted by atomic mass is 16.7. The first-order valence-corrected chi connectivity index (χ1v) is 12.4. The molecule has 34 heavy (non-hydrogen) atoms. The summed E-state index contributed by atoms with van der Waals surface area (Å²) in [6, 6.07) is 0.282. The summed E-state index contributed by atoms with van der Waals surface area (Å²) in [6.45, 7) is 9.49. The van der Waals surface area contributed by atoms with Crippen LogP contribution in [0.4, 0.5) is 9.59 Å². The lowest BCUT2D eigenvalue weighted by Gasteiger charge is -2.30. The maximum atomic E-state index is 11.6. The van der Waals surface area contributed by atoms with Crippen molar-refractivity contribution in [2.45, 2.75) is 122 Å². The van der Waals surface area contributed by atoms with Crippen molar-refractivity contribution in [1.29, 1.82) is 0 Å². The summed E-state index contributed by atoms with van der Waals surface area (Å²) in [7, 11) is 0. The third-order valence-electron chi connectivity index (χ3n) is 5.69. The number of hydrogen-bond donors (Lipinski definition) is 3. The first kappa shape index (κ1) is 29.7. The summed E-state index contributed by atoms with van der Waals surface area (Å²) in [5.41, 5.74) is -0.778. The third-order valence-corrected chi connectivity index (χ3v) is 5.69. The maximum absolute atomic E-state index is 11.6. The largest absolute Gasteiger partial charge is 0.508 e. The van der Waals surface area contributed by atoms with Gasteiger partial charge in [-0.15, -0.1) is 0 Å². The van der Waals surface area contributed by atoms with Crippen LogP contribution in [-0.2, 0) is 19.0 Å². The Morgan fingerprint density at radius 1 is 1.00 bits per heavy atom. The van der Waals surface area contributed by atoms with Gasteiger partial charge in [-0.2, -0.15) is 0 Å². The van der Waals surface area contributed by atoms with Crippen molar-refractivity contribution >= 4 is 18.2 Å². The van der Waals surface area contributed by atoms with Gasteiger partial charge in [0.2, 0.25) is 0 Å². The molecule has 0 heterocycles. The van der Waals surface area contributed by atoms with Gasteiger partial charge >= 0.3 is 18.2 Å². The average molecular weight is 485 g/mol. The molecule has 0 radical (unpaired) electrons. The van der Waals surface area contributed by atoms with Crippen molar-refractivity contribution < 1.29 is 33.7 Å². The van der Waals surface area contributed by atoms with Crippen LogP contribution in [0.15, 0.2) is 12.7 Å². The Hall–Kier alpha value is -2.29. The van der Waals surface area contributed by atoms with Gasteiger partial charge in [-0.25, -0.2) is 14.4 Å². The van der Waals surface area contributed by atoms with Crippen molar-refractivity contribution in [2.75, 3.05) is 6.61 Å². The molecular weight excluding hydrogens is 440 g/mol. The molecule has 0 aromatic rings. The highest BCUT2D eigenvalue weighted by molar-refractivity contribution is 5.81. The summed E-state index contributed by atoms with van der Waals surface area (Å²) >= 11 is 0. The van der Waals surface area contributed by atoms with Crippen LogP contribution in [0.3, 0.4) is 0 Å². The smallest absolute Gasteiger partial charge is 0.480 e. The van der Waals surface area contributed by atoms with E-state index in [9.17, 15) is 14.4 Å². The summed E-state index contributed by atoms with van der Waals surface area (Å²) in [4.78, 5) is 33.9. The number of amides is 1. The number of carboxylic acid groups (broad SMARTS) is 1. The molecule has 2 aliphatic rings. The molecule has 2 aliphatic carbocycles. The molecule has 2 rings (SSSR count). The summed E-state index contributed by atoms with van der Waals surface area (Å²) in [5.74, 6) is -1.37. The van der Waals surface area contributed by atoms with Crippen LogP contribution in [0.2, 0.25) is 0 Å². The highest BCUT2D eigenvalue weighted by Crippen LogP contribution is 2.22. The van der Waals surface area contributed by atoms with Crippen molar-refractivity contribution in [3.05, 3.63) is 12.7 Å². The maximum Gasteiger partial charge on any atom is 0.508 e. The molecule has 9 nitrogen and oxygen atoms in total. The molecule has 2 saturated carbocycles. The first-order valence-electron chi connectivity index (χ1n) is 12.4. The van der Waals surface area contributed by atoms with E-state index in [1.165, 1.54) is 77.2 Å². The monoisotopic (exact) mass is 484 g/mol. The standard InChI is InChI=1S/C13H21NO7.C12H23N/c1-6-7-19-12(18)20-8(2)9(10(15)16)14-11(17)21-13(3,4)5;1-3-7-11(8-4-1)13-12-9-5-2-6-10-12/h6,8-9H,1,7H2,2-5H3,(H,14,17)(H,15,16);11-13H,1-10H2. The molecule has 2 atom stereocenters. The Balaban J connectivity index is 0.000000375. The van der Waals surface area contributed by atoms with Crippen molar-refractivity contribution in [3.63, 3.8) is 0 Å². The number of carbonyl (C=O) groups excluding carboxylic acids is 2. The van der Waals surface area contributed by atoms with Crippen molar-refractivity contribution in [3.8, 4) is 0 Å². The quantitative estimate of drug-likeness (QED) is 0.327. The lowest BCUT2D eigenvalue weighted by Crippen LogP contribution is -2.50. The molecule has 0 spiro atoms. The van der Waals surface area contributed by atoms with E-state index in [0.29, 0.717) is 0 Å². The van der Waals surface area contributed by atoms with E-state index in [0.717, 1.165) is 12.1 Å². The Labute approximate surface area is 204 Å². The van der Waals surface area contributed by atoms with E-state index in [1.54, 1.807) is 20.8 Å². The van der Waals surface area contributed by atoms with Crippen LogP contribution in [0.25, 0.3) is 0 Å². The van der Waals surface area contributed by atoms with Gasteiger partial charge in [0.05, 0.1) is 0 Å². The molecule has 1 amide bonds. The van der Waals surface area contributed by atoms with Gasteiger partial charge in [0.25, 0.3) is 0 Å². The second kappa shape index (κ2) is 15.6. The molecule has 0 aromatic carbocycles. The van der Waals surface area contributed by atoms with Gasteiger partial charge in [-0.1, -0.05) is 51.2 Å². The summed E-state index contributed by atoms with van der Waals surface area (Å²) < 4.78 is 14.2. The number of carboxylic acids is 1. The van der Waals surface area contributed by atoms with E-state index >= 15 is 0 Å². The third kappa shape index (κ3) is 13.4. The van der Waals surface area contributed by atoms with Gasteiger partial charge < -0.3 is 30.0 Å². The summed E-state index contributed by atoms with van der Waals surface area (Å²) in [5, 5.41) is 15.0. The molecule has 0 aliphatic heterocycles.